The van der Waals surface area contributed by atoms with Gasteiger partial charge in [0.05, 0.1) is 0 Å². The van der Waals surface area contributed by atoms with Crippen molar-refractivity contribution in [1.82, 2.24) is 14.8 Å². The lowest BCUT2D eigenvalue weighted by atomic mass is 10.1. The van der Waals surface area contributed by atoms with E-state index in [2.05, 4.69) is 30.9 Å². The van der Waals surface area contributed by atoms with Gasteiger partial charge in [0, 0.05) is 25.7 Å². The summed E-state index contributed by atoms with van der Waals surface area (Å²) < 4.78 is 11.1. The van der Waals surface area contributed by atoms with Crippen LogP contribution in [-0.2, 0) is 4.74 Å². The van der Waals surface area contributed by atoms with Crippen molar-refractivity contribution in [3.05, 3.63) is 17.8 Å². The molecule has 6 nitrogen and oxygen atoms in total. The smallest absolute Gasteiger partial charge is 0.276 e. The number of carbonyl (C=O) groups is 1. The van der Waals surface area contributed by atoms with E-state index in [1.165, 1.54) is 6.39 Å². The Labute approximate surface area is 125 Å². The van der Waals surface area contributed by atoms with Gasteiger partial charge >= 0.3 is 0 Å². The van der Waals surface area contributed by atoms with Crippen LogP contribution < -0.4 is 0 Å². The molecule has 0 unspecified atom stereocenters. The Hall–Kier alpha value is -1.40. The van der Waals surface area contributed by atoms with Crippen molar-refractivity contribution >= 4 is 5.91 Å². The lowest BCUT2D eigenvalue weighted by Crippen LogP contribution is -2.36. The van der Waals surface area contributed by atoms with Crippen LogP contribution in [0, 0.1) is 5.92 Å². The maximum Gasteiger partial charge on any atom is 0.276 e. The zero-order valence-electron chi connectivity index (χ0n) is 12.9. The first-order valence-corrected chi connectivity index (χ1v) is 7.58. The first kappa shape index (κ1) is 14.5. The van der Waals surface area contributed by atoms with Gasteiger partial charge in [-0.2, -0.15) is 0 Å². The van der Waals surface area contributed by atoms with Crippen LogP contribution in [0.15, 0.2) is 10.8 Å². The summed E-state index contributed by atoms with van der Waals surface area (Å²) in [6.45, 7) is 4.41. The molecule has 2 aliphatic heterocycles. The van der Waals surface area contributed by atoms with E-state index in [0.29, 0.717) is 23.4 Å². The number of rotatable bonds is 3. The Morgan fingerprint density at radius 3 is 2.86 bits per heavy atom. The molecule has 3 heterocycles. The van der Waals surface area contributed by atoms with Crippen LogP contribution in [0.2, 0.25) is 0 Å². The van der Waals surface area contributed by atoms with Gasteiger partial charge in [-0.05, 0) is 32.9 Å². The largest absolute Gasteiger partial charge is 0.445 e. The molecule has 0 radical (unpaired) electrons. The molecule has 6 heteroatoms. The first-order valence-electron chi connectivity index (χ1n) is 7.58. The highest BCUT2D eigenvalue weighted by molar-refractivity contribution is 5.93. The van der Waals surface area contributed by atoms with Crippen LogP contribution in [0.4, 0.5) is 0 Å². The zero-order chi connectivity index (χ0) is 15.0. The molecule has 3 rings (SSSR count). The average molecular weight is 293 g/mol. The van der Waals surface area contributed by atoms with Gasteiger partial charge in [0.2, 0.25) is 0 Å². The number of aromatic nitrogens is 1. The van der Waals surface area contributed by atoms with Crippen LogP contribution in [-0.4, -0.2) is 60.5 Å². The second-order valence-corrected chi connectivity index (χ2v) is 6.29. The van der Waals surface area contributed by atoms with Crippen LogP contribution in [0.5, 0.6) is 0 Å². The molecule has 3 atom stereocenters. The molecule has 0 aliphatic carbocycles. The summed E-state index contributed by atoms with van der Waals surface area (Å²) in [5.41, 5.74) is 0.425. The van der Waals surface area contributed by atoms with Gasteiger partial charge in [-0.1, -0.05) is 6.92 Å². The Morgan fingerprint density at radius 1 is 1.43 bits per heavy atom. The minimum Gasteiger partial charge on any atom is -0.445 e. The predicted octanol–water partition coefficient (Wildman–Crippen LogP) is 1.55. The highest BCUT2D eigenvalue weighted by Gasteiger charge is 2.37. The van der Waals surface area contributed by atoms with Crippen molar-refractivity contribution in [2.24, 2.45) is 5.92 Å². The molecule has 2 saturated heterocycles. The van der Waals surface area contributed by atoms with E-state index in [1.54, 1.807) is 0 Å². The van der Waals surface area contributed by atoms with E-state index in [4.69, 9.17) is 9.15 Å². The fourth-order valence-corrected chi connectivity index (χ4v) is 3.37. The Morgan fingerprint density at radius 2 is 2.24 bits per heavy atom. The molecule has 0 N–H and O–H groups in total. The summed E-state index contributed by atoms with van der Waals surface area (Å²) in [6, 6.07) is 0.395. The van der Waals surface area contributed by atoms with Crippen molar-refractivity contribution in [1.29, 1.82) is 0 Å². The van der Waals surface area contributed by atoms with E-state index in [9.17, 15) is 4.79 Å². The molecule has 1 aromatic rings. The molecular weight excluding hydrogens is 270 g/mol. The van der Waals surface area contributed by atoms with Gasteiger partial charge in [-0.25, -0.2) is 4.98 Å². The summed E-state index contributed by atoms with van der Waals surface area (Å²) in [5, 5.41) is 0. The van der Waals surface area contributed by atoms with Gasteiger partial charge in [0.1, 0.15) is 6.10 Å². The first-order chi connectivity index (χ1) is 10.1. The number of hydrogen-bond acceptors (Lipinski definition) is 5. The molecular formula is C15H23N3O3. The van der Waals surface area contributed by atoms with Crippen LogP contribution >= 0.6 is 0 Å². The maximum absolute atomic E-state index is 12.7. The third-order valence-corrected chi connectivity index (χ3v) is 4.54. The number of likely N-dealkylation sites (tertiary alicyclic amines) is 1. The van der Waals surface area contributed by atoms with Crippen molar-refractivity contribution in [2.75, 3.05) is 33.8 Å². The van der Waals surface area contributed by atoms with Crippen LogP contribution in [0.25, 0.3) is 0 Å². The van der Waals surface area contributed by atoms with E-state index in [0.717, 1.165) is 32.5 Å². The number of hydrogen-bond donors (Lipinski definition) is 0. The topological polar surface area (TPSA) is 58.8 Å². The monoisotopic (exact) mass is 293 g/mol. The summed E-state index contributed by atoms with van der Waals surface area (Å²) >= 11 is 0. The average Bonchev–Trinajstić information content (AvgIpc) is 3.17. The van der Waals surface area contributed by atoms with Gasteiger partial charge in [0.15, 0.2) is 17.8 Å². The second kappa shape index (κ2) is 5.77. The molecule has 21 heavy (non-hydrogen) atoms. The quantitative estimate of drug-likeness (QED) is 0.846. The maximum atomic E-state index is 12.7. The number of amides is 1. The van der Waals surface area contributed by atoms with E-state index < -0.39 is 0 Å². The van der Waals surface area contributed by atoms with Gasteiger partial charge in [0.25, 0.3) is 5.91 Å². The molecule has 2 aliphatic rings. The molecule has 0 spiro atoms. The highest BCUT2D eigenvalue weighted by Crippen LogP contribution is 2.31. The highest BCUT2D eigenvalue weighted by atomic mass is 16.5. The van der Waals surface area contributed by atoms with Crippen LogP contribution in [0.1, 0.15) is 42.1 Å². The Bertz CT molecular complexity index is 508. The molecule has 0 saturated carbocycles. The lowest BCUT2D eigenvalue weighted by Gasteiger charge is -2.22. The standard InChI is InChI=1S/C15H23N3O3/c1-10-7-18(8-11(10)17(2)3)15(19)13-14(21-9-16-13)12-5-4-6-20-12/h9-12H,4-8H2,1-3H3/t10-,11-,12+/m1/s1. The molecule has 0 aromatic carbocycles. The minimum absolute atomic E-state index is 0.0366. The zero-order valence-corrected chi connectivity index (χ0v) is 12.9. The third kappa shape index (κ3) is 2.70. The van der Waals surface area contributed by atoms with E-state index >= 15 is 0 Å². The third-order valence-electron chi connectivity index (χ3n) is 4.54. The van der Waals surface area contributed by atoms with Gasteiger partial charge in [-0.3, -0.25) is 4.79 Å². The summed E-state index contributed by atoms with van der Waals surface area (Å²) in [4.78, 5) is 20.9. The van der Waals surface area contributed by atoms with Crippen molar-refractivity contribution < 1.29 is 13.9 Å². The molecule has 1 aromatic heterocycles. The van der Waals surface area contributed by atoms with Crippen LogP contribution in [0.3, 0.4) is 0 Å². The van der Waals surface area contributed by atoms with Gasteiger partial charge in [-0.15, -0.1) is 0 Å². The van der Waals surface area contributed by atoms with E-state index in [-0.39, 0.29) is 12.0 Å². The number of nitrogens with zero attached hydrogens (tertiary/aromatic N) is 3. The molecule has 0 bridgehead atoms. The number of likely N-dealkylation sites (N-methyl/N-ethyl adjacent to an activating group) is 1. The Kier molecular flexibility index (Phi) is 3.99. The van der Waals surface area contributed by atoms with Crippen molar-refractivity contribution in [3.8, 4) is 0 Å². The number of carbonyl (C=O) groups excluding carboxylic acids is 1. The number of ether oxygens (including phenoxy) is 1. The van der Waals surface area contributed by atoms with E-state index in [1.807, 2.05) is 4.90 Å². The number of oxazole rings is 1. The van der Waals surface area contributed by atoms with Crippen molar-refractivity contribution in [3.63, 3.8) is 0 Å². The van der Waals surface area contributed by atoms with Crippen molar-refractivity contribution in [2.45, 2.75) is 31.9 Å². The molecule has 2 fully saturated rings. The summed E-state index contributed by atoms with van der Waals surface area (Å²) in [6.07, 6.45) is 3.14. The minimum atomic E-state index is -0.115. The predicted molar refractivity (Wildman–Crippen MR) is 77.0 cm³/mol. The fourth-order valence-electron chi connectivity index (χ4n) is 3.37. The molecule has 116 valence electrons. The summed E-state index contributed by atoms with van der Waals surface area (Å²) in [5.74, 6) is 1.02. The SMILES string of the molecule is C[C@@H]1CN(C(=O)c2ncoc2[C@@H]2CCCO2)C[C@H]1N(C)C. The fraction of sp³-hybridized carbons (Fsp3) is 0.733. The summed E-state index contributed by atoms with van der Waals surface area (Å²) in [7, 11) is 4.12. The second-order valence-electron chi connectivity index (χ2n) is 6.29. The Balaban J connectivity index is 1.76. The lowest BCUT2D eigenvalue weighted by molar-refractivity contribution is 0.0737. The van der Waals surface area contributed by atoms with Gasteiger partial charge < -0.3 is 19.0 Å². The normalized spacial score (nSPS) is 29.5. The molecule has 1 amide bonds.